The quantitative estimate of drug-likeness (QED) is 0.375. The van der Waals surface area contributed by atoms with Crippen LogP contribution in [0.15, 0.2) is 67.0 Å². The highest BCUT2D eigenvalue weighted by molar-refractivity contribution is 6.30. The second kappa shape index (κ2) is 8.10. The predicted molar refractivity (Wildman–Crippen MR) is 132 cm³/mol. The smallest absolute Gasteiger partial charge is 0.203 e. The van der Waals surface area contributed by atoms with Gasteiger partial charge >= 0.3 is 0 Å². The summed E-state index contributed by atoms with van der Waals surface area (Å²) < 4.78 is 9.41. The summed E-state index contributed by atoms with van der Waals surface area (Å²) in [7, 11) is 2.04. The lowest BCUT2D eigenvalue weighted by atomic mass is 10.1. The Balaban J connectivity index is 1.21. The molecular formula is C25H23ClN6O. The Labute approximate surface area is 196 Å². The van der Waals surface area contributed by atoms with Crippen molar-refractivity contribution in [2.24, 2.45) is 7.05 Å². The molecule has 5 aromatic rings. The maximum Gasteiger partial charge on any atom is 0.203 e. The van der Waals surface area contributed by atoms with Crippen LogP contribution >= 0.6 is 11.6 Å². The minimum atomic E-state index is 0.397. The van der Waals surface area contributed by atoms with E-state index in [1.54, 1.807) is 6.20 Å². The van der Waals surface area contributed by atoms with Crippen molar-refractivity contribution in [1.82, 2.24) is 19.1 Å². The molecule has 2 aromatic carbocycles. The van der Waals surface area contributed by atoms with Crippen LogP contribution in [0.3, 0.4) is 0 Å². The van der Waals surface area contributed by atoms with Gasteiger partial charge in [0, 0.05) is 37.1 Å². The van der Waals surface area contributed by atoms with Gasteiger partial charge in [0.25, 0.3) is 0 Å². The van der Waals surface area contributed by atoms with Gasteiger partial charge < -0.3 is 24.5 Å². The van der Waals surface area contributed by atoms with Crippen LogP contribution in [0.25, 0.3) is 27.8 Å². The average molecular weight is 459 g/mol. The molecule has 8 heteroatoms. The molecule has 1 aliphatic rings. The Morgan fingerprint density at radius 2 is 1.97 bits per heavy atom. The maximum absolute atomic E-state index is 5.98. The largest absolute Gasteiger partial charge is 0.378 e. The van der Waals surface area contributed by atoms with E-state index >= 15 is 0 Å². The number of hydrogen-bond donors (Lipinski definition) is 2. The summed E-state index contributed by atoms with van der Waals surface area (Å²) in [5.74, 6) is 1.69. The topological polar surface area (TPSA) is 68.9 Å². The first-order chi connectivity index (χ1) is 16.1. The minimum Gasteiger partial charge on any atom is -0.378 e. The van der Waals surface area contributed by atoms with Gasteiger partial charge in [-0.25, -0.2) is 9.97 Å². The molecule has 0 unspecified atom stereocenters. The molecule has 1 fully saturated rings. The zero-order chi connectivity index (χ0) is 22.4. The van der Waals surface area contributed by atoms with Gasteiger partial charge in [-0.3, -0.25) is 0 Å². The van der Waals surface area contributed by atoms with Gasteiger partial charge in [0.2, 0.25) is 5.95 Å². The highest BCUT2D eigenvalue weighted by atomic mass is 35.5. The zero-order valence-electron chi connectivity index (χ0n) is 18.1. The van der Waals surface area contributed by atoms with Gasteiger partial charge in [-0.2, -0.15) is 0 Å². The molecule has 6 rings (SSSR count). The number of halogens is 1. The molecule has 0 amide bonds. The Hall–Kier alpha value is -3.55. The molecule has 4 heterocycles. The van der Waals surface area contributed by atoms with Crippen molar-refractivity contribution >= 4 is 45.2 Å². The number of rotatable bonds is 6. The van der Waals surface area contributed by atoms with Crippen molar-refractivity contribution in [2.45, 2.75) is 12.6 Å². The number of ether oxygens (including phenoxy) is 1. The Morgan fingerprint density at radius 1 is 1.06 bits per heavy atom. The lowest BCUT2D eigenvalue weighted by molar-refractivity contribution is 0.0211. The molecule has 0 spiro atoms. The Kier molecular flexibility index (Phi) is 4.93. The third-order valence-electron chi connectivity index (χ3n) is 6.05. The molecule has 1 aliphatic heterocycles. The number of aromatic nitrogens is 4. The number of imidazole rings is 1. The summed E-state index contributed by atoms with van der Waals surface area (Å²) in [6, 6.07) is 19.0. The van der Waals surface area contributed by atoms with Crippen LogP contribution in [0.5, 0.6) is 0 Å². The maximum atomic E-state index is 5.98. The van der Waals surface area contributed by atoms with Gasteiger partial charge in [0.1, 0.15) is 5.82 Å². The molecule has 0 bridgehead atoms. The molecular weight excluding hydrogens is 436 g/mol. The van der Waals surface area contributed by atoms with Gasteiger partial charge in [-0.15, -0.1) is 0 Å². The van der Waals surface area contributed by atoms with Crippen molar-refractivity contribution < 1.29 is 4.74 Å². The fourth-order valence-electron chi connectivity index (χ4n) is 4.19. The second-order valence-electron chi connectivity index (χ2n) is 8.34. The van der Waals surface area contributed by atoms with Crippen molar-refractivity contribution in [3.63, 3.8) is 0 Å². The van der Waals surface area contributed by atoms with Gasteiger partial charge in [0.05, 0.1) is 40.8 Å². The van der Waals surface area contributed by atoms with Crippen molar-refractivity contribution in [3.8, 4) is 5.82 Å². The van der Waals surface area contributed by atoms with Crippen LogP contribution in [0.4, 0.5) is 11.6 Å². The highest BCUT2D eigenvalue weighted by Gasteiger charge is 2.18. The van der Waals surface area contributed by atoms with Crippen molar-refractivity contribution in [3.05, 3.63) is 77.6 Å². The molecule has 3 aromatic heterocycles. The first-order valence-corrected chi connectivity index (χ1v) is 11.3. The van der Waals surface area contributed by atoms with E-state index in [0.29, 0.717) is 17.6 Å². The summed E-state index contributed by atoms with van der Waals surface area (Å²) in [4.78, 5) is 9.20. The minimum absolute atomic E-state index is 0.397. The van der Waals surface area contributed by atoms with E-state index < -0.39 is 0 Å². The molecule has 166 valence electrons. The van der Waals surface area contributed by atoms with E-state index in [9.17, 15) is 0 Å². The standard InChI is InChI=1S/C25H23ClN6O/c1-31-23-11-19(29-20-14-33-15-20)4-5-21(23)30-25(31)28-12-16-2-6-22-17(10-16)8-9-32(22)24-7-3-18(26)13-27-24/h2-11,13,20,29H,12,14-15H2,1H3,(H,28,30). The summed E-state index contributed by atoms with van der Waals surface area (Å²) in [6.45, 7) is 2.21. The summed E-state index contributed by atoms with van der Waals surface area (Å²) >= 11 is 5.98. The van der Waals surface area contributed by atoms with E-state index in [0.717, 1.165) is 52.6 Å². The Bertz CT molecular complexity index is 1450. The van der Waals surface area contributed by atoms with Crippen LogP contribution in [0, 0.1) is 0 Å². The number of pyridine rings is 1. The fraction of sp³-hybridized carbons (Fsp3) is 0.200. The fourth-order valence-corrected chi connectivity index (χ4v) is 4.30. The molecule has 33 heavy (non-hydrogen) atoms. The van der Waals surface area contributed by atoms with Crippen LogP contribution in [0.2, 0.25) is 5.02 Å². The summed E-state index contributed by atoms with van der Waals surface area (Å²) in [5.41, 5.74) is 5.44. The number of nitrogens with one attached hydrogen (secondary N) is 2. The summed E-state index contributed by atoms with van der Waals surface area (Å²) in [6.07, 6.45) is 3.70. The third-order valence-corrected chi connectivity index (χ3v) is 6.28. The normalized spacial score (nSPS) is 14.0. The second-order valence-corrected chi connectivity index (χ2v) is 8.78. The first-order valence-electron chi connectivity index (χ1n) is 10.9. The molecule has 2 N–H and O–H groups in total. The van der Waals surface area contributed by atoms with E-state index in [1.807, 2.05) is 25.4 Å². The van der Waals surface area contributed by atoms with Crippen LogP contribution in [0.1, 0.15) is 5.56 Å². The van der Waals surface area contributed by atoms with Gasteiger partial charge in [-0.1, -0.05) is 17.7 Å². The number of hydrogen-bond acceptors (Lipinski definition) is 5. The number of anilines is 2. The number of aryl methyl sites for hydroxylation is 1. The number of nitrogens with zero attached hydrogens (tertiary/aromatic N) is 4. The molecule has 0 saturated carbocycles. The lowest BCUT2D eigenvalue weighted by Gasteiger charge is -2.27. The van der Waals surface area contributed by atoms with Crippen molar-refractivity contribution in [1.29, 1.82) is 0 Å². The number of benzene rings is 2. The molecule has 7 nitrogen and oxygen atoms in total. The zero-order valence-corrected chi connectivity index (χ0v) is 18.9. The van der Waals surface area contributed by atoms with Crippen LogP contribution < -0.4 is 10.6 Å². The average Bonchev–Trinajstić information content (AvgIpc) is 3.36. The SMILES string of the molecule is Cn1c(NCc2ccc3c(ccn3-c3ccc(Cl)cn3)c2)nc2ccc(NC3COC3)cc21. The summed E-state index contributed by atoms with van der Waals surface area (Å²) in [5, 5.41) is 8.78. The predicted octanol–water partition coefficient (Wildman–Crippen LogP) is 4.99. The van der Waals surface area contributed by atoms with Crippen LogP contribution in [-0.4, -0.2) is 38.4 Å². The van der Waals surface area contributed by atoms with Gasteiger partial charge in [-0.05, 0) is 54.1 Å². The first kappa shape index (κ1) is 20.1. The molecule has 0 aliphatic carbocycles. The molecule has 0 radical (unpaired) electrons. The molecule has 0 atom stereocenters. The van der Waals surface area contributed by atoms with E-state index in [2.05, 4.69) is 67.2 Å². The van der Waals surface area contributed by atoms with Gasteiger partial charge in [0.15, 0.2) is 0 Å². The monoisotopic (exact) mass is 458 g/mol. The van der Waals surface area contributed by atoms with Crippen molar-refractivity contribution in [2.75, 3.05) is 23.8 Å². The van der Waals surface area contributed by atoms with E-state index in [-0.39, 0.29) is 0 Å². The van der Waals surface area contributed by atoms with Crippen LogP contribution in [-0.2, 0) is 18.3 Å². The molecule has 1 saturated heterocycles. The van der Waals surface area contributed by atoms with E-state index in [1.165, 1.54) is 5.56 Å². The highest BCUT2D eigenvalue weighted by Crippen LogP contribution is 2.25. The Morgan fingerprint density at radius 3 is 2.76 bits per heavy atom. The lowest BCUT2D eigenvalue weighted by Crippen LogP contribution is -2.40. The van der Waals surface area contributed by atoms with E-state index in [4.69, 9.17) is 21.3 Å². The number of fused-ring (bicyclic) bond motifs is 2. The third kappa shape index (κ3) is 3.79.